The summed E-state index contributed by atoms with van der Waals surface area (Å²) in [5.41, 5.74) is 0.990. The van der Waals surface area contributed by atoms with E-state index in [1.165, 1.54) is 25.7 Å². The van der Waals surface area contributed by atoms with E-state index in [0.29, 0.717) is 12.0 Å². The van der Waals surface area contributed by atoms with Crippen LogP contribution in [-0.2, 0) is 0 Å². The van der Waals surface area contributed by atoms with Crippen molar-refractivity contribution < 1.29 is 0 Å². The summed E-state index contributed by atoms with van der Waals surface area (Å²) in [6.07, 6.45) is 5.39. The van der Waals surface area contributed by atoms with Crippen molar-refractivity contribution in [3.8, 4) is 0 Å². The number of hydrogen-bond acceptors (Lipinski definition) is 4. The first-order valence-electron chi connectivity index (χ1n) is 8.05. The second kappa shape index (κ2) is 6.29. The van der Waals surface area contributed by atoms with Gasteiger partial charge in [0.05, 0.1) is 5.52 Å². The van der Waals surface area contributed by atoms with Crippen LogP contribution in [0.5, 0.6) is 0 Å². The molecule has 0 bridgehead atoms. The number of nitrogens with one attached hydrogen (secondary N) is 2. The molecular weight excluding hydrogens is 260 g/mol. The van der Waals surface area contributed by atoms with Crippen molar-refractivity contribution in [3.05, 3.63) is 24.3 Å². The highest BCUT2D eigenvalue weighted by Crippen LogP contribution is 2.30. The molecule has 1 unspecified atom stereocenters. The molecule has 1 aliphatic carbocycles. The SMILES string of the molecule is CCNc1nc(NC(C)C2CCCC2)c2ccccc2n1. The van der Waals surface area contributed by atoms with Gasteiger partial charge in [0.1, 0.15) is 5.82 Å². The van der Waals surface area contributed by atoms with E-state index >= 15 is 0 Å². The topological polar surface area (TPSA) is 49.8 Å². The molecule has 1 atom stereocenters. The van der Waals surface area contributed by atoms with Crippen LogP contribution in [-0.4, -0.2) is 22.6 Å². The molecule has 3 rings (SSSR count). The minimum atomic E-state index is 0.459. The van der Waals surface area contributed by atoms with Crippen molar-refractivity contribution >= 4 is 22.7 Å². The van der Waals surface area contributed by atoms with E-state index in [0.717, 1.165) is 29.2 Å². The standard InChI is InChI=1S/C17H24N4/c1-3-18-17-20-15-11-7-6-10-14(15)16(21-17)19-12(2)13-8-4-5-9-13/h6-7,10-13H,3-5,8-9H2,1-2H3,(H2,18,19,20,21). The zero-order valence-corrected chi connectivity index (χ0v) is 12.9. The molecule has 1 heterocycles. The number of anilines is 2. The molecule has 21 heavy (non-hydrogen) atoms. The Morgan fingerprint density at radius 3 is 2.71 bits per heavy atom. The molecule has 112 valence electrons. The molecule has 4 nitrogen and oxygen atoms in total. The number of benzene rings is 1. The van der Waals surface area contributed by atoms with Gasteiger partial charge >= 0.3 is 0 Å². The Hall–Kier alpha value is -1.84. The van der Waals surface area contributed by atoms with E-state index in [1.807, 2.05) is 18.2 Å². The quantitative estimate of drug-likeness (QED) is 0.869. The van der Waals surface area contributed by atoms with Gasteiger partial charge in [0.15, 0.2) is 0 Å². The number of fused-ring (bicyclic) bond motifs is 1. The third-order valence-corrected chi connectivity index (χ3v) is 4.41. The van der Waals surface area contributed by atoms with Crippen LogP contribution in [0.4, 0.5) is 11.8 Å². The van der Waals surface area contributed by atoms with Gasteiger partial charge in [0.2, 0.25) is 5.95 Å². The molecule has 0 amide bonds. The van der Waals surface area contributed by atoms with Gasteiger partial charge in [-0.05, 0) is 44.7 Å². The van der Waals surface area contributed by atoms with Gasteiger partial charge < -0.3 is 10.6 Å². The zero-order chi connectivity index (χ0) is 14.7. The summed E-state index contributed by atoms with van der Waals surface area (Å²) in [5, 5.41) is 7.96. The largest absolute Gasteiger partial charge is 0.367 e. The Kier molecular flexibility index (Phi) is 4.23. The molecule has 0 spiro atoms. The number of para-hydroxylation sites is 1. The fourth-order valence-corrected chi connectivity index (χ4v) is 3.21. The molecule has 1 aromatic heterocycles. The van der Waals surface area contributed by atoms with Crippen molar-refractivity contribution in [1.82, 2.24) is 9.97 Å². The van der Waals surface area contributed by atoms with Gasteiger partial charge in [0.25, 0.3) is 0 Å². The lowest BCUT2D eigenvalue weighted by atomic mass is 10.00. The average Bonchev–Trinajstić information content (AvgIpc) is 3.02. The summed E-state index contributed by atoms with van der Waals surface area (Å²) in [5.74, 6) is 2.43. The summed E-state index contributed by atoms with van der Waals surface area (Å²) < 4.78 is 0. The van der Waals surface area contributed by atoms with Crippen molar-refractivity contribution in [2.45, 2.75) is 45.6 Å². The first kappa shape index (κ1) is 14.1. The third kappa shape index (κ3) is 3.09. The molecule has 0 saturated heterocycles. The van der Waals surface area contributed by atoms with Gasteiger partial charge in [-0.3, -0.25) is 0 Å². The number of aromatic nitrogens is 2. The Morgan fingerprint density at radius 1 is 1.19 bits per heavy atom. The fourth-order valence-electron chi connectivity index (χ4n) is 3.21. The molecule has 2 N–H and O–H groups in total. The Labute approximate surface area is 126 Å². The number of rotatable bonds is 5. The highest BCUT2D eigenvalue weighted by Gasteiger charge is 2.22. The monoisotopic (exact) mass is 284 g/mol. The van der Waals surface area contributed by atoms with Crippen LogP contribution in [0.15, 0.2) is 24.3 Å². The van der Waals surface area contributed by atoms with Crippen LogP contribution in [0.3, 0.4) is 0 Å². The lowest BCUT2D eigenvalue weighted by Gasteiger charge is -2.22. The van der Waals surface area contributed by atoms with Crippen LogP contribution in [0.25, 0.3) is 10.9 Å². The van der Waals surface area contributed by atoms with Crippen molar-refractivity contribution in [2.24, 2.45) is 5.92 Å². The smallest absolute Gasteiger partial charge is 0.225 e. The lowest BCUT2D eigenvalue weighted by Crippen LogP contribution is -2.24. The first-order valence-corrected chi connectivity index (χ1v) is 8.05. The second-order valence-corrected chi connectivity index (χ2v) is 5.92. The molecule has 1 aromatic carbocycles. The summed E-state index contributed by atoms with van der Waals surface area (Å²) in [7, 11) is 0. The van der Waals surface area contributed by atoms with Crippen molar-refractivity contribution in [3.63, 3.8) is 0 Å². The highest BCUT2D eigenvalue weighted by molar-refractivity contribution is 5.90. The molecule has 1 fully saturated rings. The van der Waals surface area contributed by atoms with Gasteiger partial charge in [-0.15, -0.1) is 0 Å². The first-order chi connectivity index (χ1) is 10.3. The number of nitrogens with zero attached hydrogens (tertiary/aromatic N) is 2. The molecule has 1 aliphatic rings. The normalized spacial score (nSPS) is 17.0. The van der Waals surface area contributed by atoms with Crippen molar-refractivity contribution in [2.75, 3.05) is 17.2 Å². The average molecular weight is 284 g/mol. The maximum absolute atomic E-state index is 4.67. The van der Waals surface area contributed by atoms with Crippen molar-refractivity contribution in [1.29, 1.82) is 0 Å². The number of hydrogen-bond donors (Lipinski definition) is 2. The summed E-state index contributed by atoms with van der Waals surface area (Å²) >= 11 is 0. The van der Waals surface area contributed by atoms with Crippen LogP contribution >= 0.6 is 0 Å². The van der Waals surface area contributed by atoms with Gasteiger partial charge in [-0.25, -0.2) is 4.98 Å². The summed E-state index contributed by atoms with van der Waals surface area (Å²) in [6, 6.07) is 8.66. The van der Waals surface area contributed by atoms with E-state index in [1.54, 1.807) is 0 Å². The van der Waals surface area contributed by atoms with Crippen LogP contribution in [0.1, 0.15) is 39.5 Å². The molecule has 0 radical (unpaired) electrons. The van der Waals surface area contributed by atoms with E-state index < -0.39 is 0 Å². The van der Waals surface area contributed by atoms with Gasteiger partial charge in [0, 0.05) is 18.0 Å². The molecule has 0 aliphatic heterocycles. The molecular formula is C17H24N4. The molecule has 2 aromatic rings. The lowest BCUT2D eigenvalue weighted by molar-refractivity contribution is 0.481. The second-order valence-electron chi connectivity index (χ2n) is 5.92. The minimum absolute atomic E-state index is 0.459. The maximum Gasteiger partial charge on any atom is 0.225 e. The van der Waals surface area contributed by atoms with E-state index in [-0.39, 0.29) is 0 Å². The molecule has 4 heteroatoms. The van der Waals surface area contributed by atoms with Crippen LogP contribution < -0.4 is 10.6 Å². The van der Waals surface area contributed by atoms with E-state index in [9.17, 15) is 0 Å². The predicted octanol–water partition coefficient (Wildman–Crippen LogP) is 4.05. The predicted molar refractivity (Wildman–Crippen MR) is 88.7 cm³/mol. The fraction of sp³-hybridized carbons (Fsp3) is 0.529. The van der Waals surface area contributed by atoms with E-state index in [2.05, 4.69) is 40.5 Å². The zero-order valence-electron chi connectivity index (χ0n) is 12.9. The van der Waals surface area contributed by atoms with Crippen LogP contribution in [0, 0.1) is 5.92 Å². The molecule has 1 saturated carbocycles. The third-order valence-electron chi connectivity index (χ3n) is 4.41. The summed E-state index contributed by atoms with van der Waals surface area (Å²) in [4.78, 5) is 9.24. The highest BCUT2D eigenvalue weighted by atomic mass is 15.1. The maximum atomic E-state index is 4.67. The van der Waals surface area contributed by atoms with Crippen LogP contribution in [0.2, 0.25) is 0 Å². The summed E-state index contributed by atoms with van der Waals surface area (Å²) in [6.45, 7) is 5.17. The minimum Gasteiger partial charge on any atom is -0.367 e. The Bertz CT molecular complexity index is 605. The van der Waals surface area contributed by atoms with Gasteiger partial charge in [-0.1, -0.05) is 25.0 Å². The van der Waals surface area contributed by atoms with E-state index in [4.69, 9.17) is 0 Å². The Balaban J connectivity index is 1.91. The van der Waals surface area contributed by atoms with Gasteiger partial charge in [-0.2, -0.15) is 4.98 Å². The Morgan fingerprint density at radius 2 is 1.95 bits per heavy atom.